The van der Waals surface area contributed by atoms with Gasteiger partial charge in [-0.15, -0.1) is 0 Å². The Balaban J connectivity index is 1.38. The van der Waals surface area contributed by atoms with E-state index in [0.717, 1.165) is 24.8 Å². The fourth-order valence-electron chi connectivity index (χ4n) is 6.04. The number of benzene rings is 2. The van der Waals surface area contributed by atoms with E-state index in [0.29, 0.717) is 35.7 Å². The van der Waals surface area contributed by atoms with Crippen LogP contribution in [0.15, 0.2) is 36.4 Å². The lowest BCUT2D eigenvalue weighted by Crippen LogP contribution is -2.46. The minimum absolute atomic E-state index is 0.138. The van der Waals surface area contributed by atoms with Crippen LogP contribution in [0.4, 0.5) is 13.2 Å². The number of ether oxygens (including phenoxy) is 1. The predicted molar refractivity (Wildman–Crippen MR) is 156 cm³/mol. The van der Waals surface area contributed by atoms with Crippen LogP contribution >= 0.6 is 23.2 Å². The third-order valence-corrected chi connectivity index (χ3v) is 11.8. The standard InChI is InChI=1S/C29H32Cl2F3N3O5S/c1-35(27(38)19-4-8-26(42-2)22(13-19)29(32,33)34)25-16-36(15-21(25)18-3-7-23(30)24(31)14-18)28(39)17-9-11-37(12-10-17)43(40,41)20-5-6-20/h3-4,7-8,13-14,17,20-21,25H,5-6,9-12,15-16H2,1-2H3/t21-,25+/m0/s1. The summed E-state index contributed by atoms with van der Waals surface area (Å²) in [5.74, 6) is -1.95. The van der Waals surface area contributed by atoms with E-state index >= 15 is 0 Å². The molecule has 1 saturated carbocycles. The lowest BCUT2D eigenvalue weighted by atomic mass is 9.93. The summed E-state index contributed by atoms with van der Waals surface area (Å²) < 4.78 is 72.7. The van der Waals surface area contributed by atoms with Crippen LogP contribution in [0.25, 0.3) is 0 Å². The van der Waals surface area contributed by atoms with Crippen LogP contribution in [0.3, 0.4) is 0 Å². The average Bonchev–Trinajstić information content (AvgIpc) is 3.76. The van der Waals surface area contributed by atoms with Crippen molar-refractivity contribution in [2.45, 2.75) is 49.1 Å². The van der Waals surface area contributed by atoms with Gasteiger partial charge in [-0.2, -0.15) is 13.2 Å². The molecule has 1 aliphatic carbocycles. The molecule has 2 amide bonds. The number of rotatable bonds is 7. The van der Waals surface area contributed by atoms with Gasteiger partial charge in [0.2, 0.25) is 15.9 Å². The van der Waals surface area contributed by atoms with Gasteiger partial charge in [-0.3, -0.25) is 9.59 Å². The Kier molecular flexibility index (Phi) is 8.97. The summed E-state index contributed by atoms with van der Waals surface area (Å²) in [6, 6.07) is 7.63. The lowest BCUT2D eigenvalue weighted by molar-refractivity contribution is -0.139. The van der Waals surface area contributed by atoms with Crippen molar-refractivity contribution in [2.24, 2.45) is 5.92 Å². The molecule has 43 heavy (non-hydrogen) atoms. The molecule has 2 saturated heterocycles. The highest BCUT2D eigenvalue weighted by molar-refractivity contribution is 7.90. The molecule has 0 radical (unpaired) electrons. The SMILES string of the molecule is COc1ccc(C(=O)N(C)[C@@H]2CN(C(=O)C3CCN(S(=O)(=O)C4CC4)CC3)C[C@H]2c2ccc(Cl)c(Cl)c2)cc1C(F)(F)F. The van der Waals surface area contributed by atoms with Crippen LogP contribution in [0.5, 0.6) is 5.75 Å². The highest BCUT2D eigenvalue weighted by Crippen LogP contribution is 2.39. The van der Waals surface area contributed by atoms with E-state index in [1.165, 1.54) is 22.3 Å². The number of amides is 2. The molecule has 2 aromatic carbocycles. The largest absolute Gasteiger partial charge is 0.496 e. The molecule has 0 spiro atoms. The summed E-state index contributed by atoms with van der Waals surface area (Å²) >= 11 is 12.4. The van der Waals surface area contributed by atoms with Crippen LogP contribution < -0.4 is 4.74 Å². The van der Waals surface area contributed by atoms with E-state index in [2.05, 4.69) is 0 Å². The Labute approximate surface area is 258 Å². The number of piperidine rings is 1. The van der Waals surface area contributed by atoms with Crippen molar-refractivity contribution >= 4 is 45.0 Å². The molecule has 5 rings (SSSR count). The van der Waals surface area contributed by atoms with Gasteiger partial charge in [0.25, 0.3) is 5.91 Å². The molecule has 2 aliphatic heterocycles. The minimum atomic E-state index is -4.73. The number of hydrogen-bond acceptors (Lipinski definition) is 5. The normalized spacial score (nSPS) is 22.1. The maximum Gasteiger partial charge on any atom is 0.419 e. The molecule has 14 heteroatoms. The van der Waals surface area contributed by atoms with Crippen LogP contribution in [0.2, 0.25) is 10.0 Å². The number of hydrogen-bond donors (Lipinski definition) is 0. The quantitative estimate of drug-likeness (QED) is 0.402. The number of likely N-dealkylation sites (tertiary alicyclic amines) is 1. The number of carbonyl (C=O) groups excluding carboxylic acids is 2. The maximum absolute atomic E-state index is 13.7. The number of carbonyl (C=O) groups is 2. The Bertz CT molecular complexity index is 1510. The van der Waals surface area contributed by atoms with E-state index in [1.807, 2.05) is 0 Å². The van der Waals surface area contributed by atoms with Crippen molar-refractivity contribution in [1.82, 2.24) is 14.1 Å². The zero-order chi connectivity index (χ0) is 31.3. The fourth-order valence-corrected chi connectivity index (χ4v) is 8.22. The second kappa shape index (κ2) is 12.1. The van der Waals surface area contributed by atoms with Gasteiger partial charge in [0.15, 0.2) is 0 Å². The summed E-state index contributed by atoms with van der Waals surface area (Å²) in [4.78, 5) is 30.3. The number of likely N-dealkylation sites (N-methyl/N-ethyl adjacent to an activating group) is 1. The van der Waals surface area contributed by atoms with Crippen LogP contribution in [-0.2, 0) is 21.0 Å². The first-order valence-electron chi connectivity index (χ1n) is 14.0. The number of halogens is 5. The van der Waals surface area contributed by atoms with E-state index in [1.54, 1.807) is 23.1 Å². The molecule has 0 N–H and O–H groups in total. The van der Waals surface area contributed by atoms with Gasteiger partial charge < -0.3 is 14.5 Å². The van der Waals surface area contributed by atoms with Gasteiger partial charge in [-0.1, -0.05) is 29.3 Å². The van der Waals surface area contributed by atoms with Gasteiger partial charge in [0.05, 0.1) is 34.0 Å². The molecule has 0 aromatic heterocycles. The zero-order valence-corrected chi connectivity index (χ0v) is 25.9. The van der Waals surface area contributed by atoms with Crippen LogP contribution in [-0.4, -0.2) is 86.0 Å². The first-order valence-corrected chi connectivity index (χ1v) is 16.2. The molecular weight excluding hydrogens is 630 g/mol. The number of nitrogens with zero attached hydrogens (tertiary/aromatic N) is 3. The lowest BCUT2D eigenvalue weighted by Gasteiger charge is -2.33. The van der Waals surface area contributed by atoms with Crippen LogP contribution in [0, 0.1) is 5.92 Å². The van der Waals surface area contributed by atoms with Gasteiger partial charge >= 0.3 is 6.18 Å². The van der Waals surface area contributed by atoms with Crippen molar-refractivity contribution in [2.75, 3.05) is 40.3 Å². The topological polar surface area (TPSA) is 87.2 Å². The second-order valence-electron chi connectivity index (χ2n) is 11.3. The van der Waals surface area contributed by atoms with Gasteiger partial charge in [0, 0.05) is 50.6 Å². The van der Waals surface area contributed by atoms with E-state index in [4.69, 9.17) is 27.9 Å². The molecule has 234 valence electrons. The fraction of sp³-hybridized carbons (Fsp3) is 0.517. The molecule has 3 aliphatic rings. The third kappa shape index (κ3) is 6.48. The monoisotopic (exact) mass is 661 g/mol. The Morgan fingerprint density at radius 2 is 1.65 bits per heavy atom. The zero-order valence-electron chi connectivity index (χ0n) is 23.6. The molecule has 2 heterocycles. The molecule has 2 aromatic rings. The summed E-state index contributed by atoms with van der Waals surface area (Å²) in [5, 5.41) is 0.325. The third-order valence-electron chi connectivity index (χ3n) is 8.65. The summed E-state index contributed by atoms with van der Waals surface area (Å²) in [5.41, 5.74) is -0.503. The Morgan fingerprint density at radius 3 is 2.23 bits per heavy atom. The van der Waals surface area contributed by atoms with Gasteiger partial charge in [-0.05, 0) is 61.6 Å². The highest BCUT2D eigenvalue weighted by Gasteiger charge is 2.45. The van der Waals surface area contributed by atoms with Crippen LogP contribution in [0.1, 0.15) is 53.1 Å². The number of sulfonamides is 1. The summed E-state index contributed by atoms with van der Waals surface area (Å²) in [6.45, 7) is 0.950. The smallest absolute Gasteiger partial charge is 0.419 e. The molecule has 0 bridgehead atoms. The summed E-state index contributed by atoms with van der Waals surface area (Å²) in [7, 11) is -0.690. The predicted octanol–water partition coefficient (Wildman–Crippen LogP) is 5.29. The molecule has 0 unspecified atom stereocenters. The van der Waals surface area contributed by atoms with Crippen molar-refractivity contribution < 1.29 is 35.9 Å². The van der Waals surface area contributed by atoms with E-state index in [-0.39, 0.29) is 48.8 Å². The van der Waals surface area contributed by atoms with Gasteiger partial charge in [-0.25, -0.2) is 12.7 Å². The van der Waals surface area contributed by atoms with Crippen molar-refractivity contribution in [1.29, 1.82) is 0 Å². The van der Waals surface area contributed by atoms with Gasteiger partial charge in [0.1, 0.15) is 5.75 Å². The molecule has 3 fully saturated rings. The molecule has 8 nitrogen and oxygen atoms in total. The highest BCUT2D eigenvalue weighted by atomic mass is 35.5. The Hall–Kier alpha value is -2.54. The van der Waals surface area contributed by atoms with Crippen molar-refractivity contribution in [3.63, 3.8) is 0 Å². The summed E-state index contributed by atoms with van der Waals surface area (Å²) in [6.07, 6.45) is -2.60. The first kappa shape index (κ1) is 31.9. The second-order valence-corrected chi connectivity index (χ2v) is 14.4. The first-order chi connectivity index (χ1) is 20.2. The van der Waals surface area contributed by atoms with E-state index < -0.39 is 45.4 Å². The number of alkyl halides is 3. The number of methoxy groups -OCH3 is 1. The molecular formula is C29H32Cl2F3N3O5S. The van der Waals surface area contributed by atoms with Crippen molar-refractivity contribution in [3.8, 4) is 5.75 Å². The maximum atomic E-state index is 13.7. The van der Waals surface area contributed by atoms with E-state index in [9.17, 15) is 31.2 Å². The average molecular weight is 663 g/mol. The Morgan fingerprint density at radius 1 is 0.977 bits per heavy atom. The molecule has 2 atom stereocenters. The van der Waals surface area contributed by atoms with Crippen molar-refractivity contribution in [3.05, 3.63) is 63.1 Å². The minimum Gasteiger partial charge on any atom is -0.496 e.